The van der Waals surface area contributed by atoms with Gasteiger partial charge >= 0.3 is 0 Å². The first-order valence-corrected chi connectivity index (χ1v) is 11.1. The van der Waals surface area contributed by atoms with E-state index < -0.39 is 5.72 Å². The molecule has 0 aromatic heterocycles. The highest BCUT2D eigenvalue weighted by atomic mass is 35.5. The van der Waals surface area contributed by atoms with Gasteiger partial charge in [0.25, 0.3) is 0 Å². The van der Waals surface area contributed by atoms with Crippen LogP contribution in [0.1, 0.15) is 43.7 Å². The Morgan fingerprint density at radius 3 is 2.83 bits per heavy atom. The molecule has 2 aromatic carbocycles. The molecular weight excluding hydrogens is 404 g/mol. The summed E-state index contributed by atoms with van der Waals surface area (Å²) in [5, 5.41) is 14.9. The zero-order valence-electron chi connectivity index (χ0n) is 16.6. The minimum atomic E-state index is -0.716. The van der Waals surface area contributed by atoms with Crippen LogP contribution in [0.4, 0.5) is 0 Å². The molecule has 2 atom stereocenters. The molecule has 0 radical (unpaired) electrons. The van der Waals surface area contributed by atoms with Gasteiger partial charge < -0.3 is 15.2 Å². The fraction of sp³-hybridized carbons (Fsp3) is 0.348. The van der Waals surface area contributed by atoms with E-state index in [1.54, 1.807) is 17.8 Å². The van der Waals surface area contributed by atoms with Crippen LogP contribution in [0, 0.1) is 0 Å². The van der Waals surface area contributed by atoms with Gasteiger partial charge in [-0.3, -0.25) is 0 Å². The van der Waals surface area contributed by atoms with Gasteiger partial charge in [0.1, 0.15) is 11.5 Å². The molecule has 29 heavy (non-hydrogen) atoms. The Labute approximate surface area is 181 Å². The van der Waals surface area contributed by atoms with Crippen molar-refractivity contribution >= 4 is 28.5 Å². The largest absolute Gasteiger partial charge is 0.506 e. The molecule has 4 rings (SSSR count). The summed E-state index contributed by atoms with van der Waals surface area (Å²) in [5.74, 6) is 1.50. The van der Waals surface area contributed by atoms with Crippen molar-refractivity contribution in [3.8, 4) is 11.5 Å². The molecule has 0 amide bonds. The molecule has 2 heterocycles. The number of thioether (sulfide) groups is 1. The van der Waals surface area contributed by atoms with Crippen molar-refractivity contribution in [3.63, 3.8) is 0 Å². The average molecular weight is 429 g/mol. The molecule has 0 unspecified atom stereocenters. The average Bonchev–Trinajstić information content (AvgIpc) is 2.66. The molecule has 6 heteroatoms. The molecule has 0 saturated heterocycles. The number of aliphatic imine (C=N–C) groups is 1. The Morgan fingerprint density at radius 2 is 2.10 bits per heavy atom. The number of nitrogens with zero attached hydrogens (tertiary/aromatic N) is 1. The molecule has 1 spiro atoms. The summed E-state index contributed by atoms with van der Waals surface area (Å²) in [6.07, 6.45) is 3.28. The van der Waals surface area contributed by atoms with E-state index >= 15 is 0 Å². The van der Waals surface area contributed by atoms with Crippen LogP contribution in [0.2, 0.25) is 5.02 Å². The SMILES string of the molecule is C=CCSC1=N[C@]2(C[C@@H](c3ccccc3)c3cc(Cl)c(O)cc3O2)CC(C)(C)N1. The van der Waals surface area contributed by atoms with Crippen LogP contribution in [0.25, 0.3) is 0 Å². The number of hydrogen-bond acceptors (Lipinski definition) is 5. The predicted molar refractivity (Wildman–Crippen MR) is 121 cm³/mol. The zero-order valence-corrected chi connectivity index (χ0v) is 18.2. The number of hydrogen-bond donors (Lipinski definition) is 2. The van der Waals surface area contributed by atoms with Crippen LogP contribution < -0.4 is 10.1 Å². The summed E-state index contributed by atoms with van der Waals surface area (Å²) in [5.41, 5.74) is 1.27. The van der Waals surface area contributed by atoms with Gasteiger partial charge in [0.05, 0.1) is 5.02 Å². The van der Waals surface area contributed by atoms with E-state index in [4.69, 9.17) is 21.3 Å². The Morgan fingerprint density at radius 1 is 1.34 bits per heavy atom. The lowest BCUT2D eigenvalue weighted by Gasteiger charge is -2.47. The second-order valence-corrected chi connectivity index (χ2v) is 9.68. The number of halogens is 1. The fourth-order valence-electron chi connectivity index (χ4n) is 4.24. The van der Waals surface area contributed by atoms with Crippen molar-refractivity contribution in [3.05, 3.63) is 71.3 Å². The highest BCUT2D eigenvalue weighted by molar-refractivity contribution is 8.13. The maximum atomic E-state index is 10.2. The van der Waals surface area contributed by atoms with Crippen molar-refractivity contribution in [1.29, 1.82) is 0 Å². The highest BCUT2D eigenvalue weighted by Gasteiger charge is 2.48. The van der Waals surface area contributed by atoms with Crippen LogP contribution in [0.5, 0.6) is 11.5 Å². The first kappa shape index (κ1) is 20.2. The third-order valence-corrected chi connectivity index (χ3v) is 6.46. The smallest absolute Gasteiger partial charge is 0.206 e. The Kier molecular flexibility index (Phi) is 5.30. The van der Waals surface area contributed by atoms with Crippen molar-refractivity contribution in [1.82, 2.24) is 5.32 Å². The molecule has 2 aliphatic heterocycles. The van der Waals surface area contributed by atoms with Crippen molar-refractivity contribution in [2.24, 2.45) is 4.99 Å². The quantitative estimate of drug-likeness (QED) is 0.615. The summed E-state index contributed by atoms with van der Waals surface area (Å²) >= 11 is 7.87. The molecule has 2 aromatic rings. The van der Waals surface area contributed by atoms with Gasteiger partial charge in [-0.25, -0.2) is 4.99 Å². The third kappa shape index (κ3) is 4.12. The molecule has 152 valence electrons. The second kappa shape index (κ2) is 7.62. The molecule has 2 aliphatic rings. The maximum absolute atomic E-state index is 10.2. The molecule has 0 saturated carbocycles. The second-order valence-electron chi connectivity index (χ2n) is 8.26. The van der Waals surface area contributed by atoms with Crippen molar-refractivity contribution in [2.45, 2.75) is 43.9 Å². The van der Waals surface area contributed by atoms with Gasteiger partial charge in [0.2, 0.25) is 5.72 Å². The summed E-state index contributed by atoms with van der Waals surface area (Å²) in [7, 11) is 0. The number of rotatable bonds is 3. The summed E-state index contributed by atoms with van der Waals surface area (Å²) in [6, 6.07) is 13.8. The summed E-state index contributed by atoms with van der Waals surface area (Å²) in [6.45, 7) is 8.13. The van der Waals surface area contributed by atoms with E-state index in [0.29, 0.717) is 23.6 Å². The lowest BCUT2D eigenvalue weighted by Crippen LogP contribution is -2.57. The Hall–Kier alpha value is -2.11. The molecule has 0 aliphatic carbocycles. The van der Waals surface area contributed by atoms with Crippen LogP contribution in [0.15, 0.2) is 60.1 Å². The zero-order chi connectivity index (χ0) is 20.6. The van der Waals surface area contributed by atoms with Gasteiger partial charge in [-0.1, -0.05) is 59.8 Å². The molecular formula is C23H25ClN2O2S. The van der Waals surface area contributed by atoms with Crippen LogP contribution >= 0.6 is 23.4 Å². The predicted octanol–water partition coefficient (Wildman–Crippen LogP) is 5.70. The van der Waals surface area contributed by atoms with Gasteiger partial charge in [-0.15, -0.1) is 6.58 Å². The number of amidine groups is 1. The number of aromatic hydroxyl groups is 1. The molecule has 2 N–H and O–H groups in total. The lowest BCUT2D eigenvalue weighted by atomic mass is 9.78. The Balaban J connectivity index is 1.83. The van der Waals surface area contributed by atoms with E-state index in [1.165, 1.54) is 5.56 Å². The summed E-state index contributed by atoms with van der Waals surface area (Å²) < 4.78 is 6.51. The van der Waals surface area contributed by atoms with E-state index in [0.717, 1.165) is 16.5 Å². The number of benzene rings is 2. The number of nitrogens with one attached hydrogen (secondary N) is 1. The van der Waals surface area contributed by atoms with E-state index in [9.17, 15) is 5.11 Å². The minimum Gasteiger partial charge on any atom is -0.506 e. The van der Waals surface area contributed by atoms with Gasteiger partial charge in [0, 0.05) is 41.7 Å². The number of fused-ring (bicyclic) bond motifs is 1. The van der Waals surface area contributed by atoms with Crippen LogP contribution in [-0.2, 0) is 0 Å². The van der Waals surface area contributed by atoms with Gasteiger partial charge in [-0.2, -0.15) is 0 Å². The number of ether oxygens (including phenoxy) is 1. The van der Waals surface area contributed by atoms with Crippen LogP contribution in [0.3, 0.4) is 0 Å². The first-order chi connectivity index (χ1) is 13.8. The van der Waals surface area contributed by atoms with Crippen molar-refractivity contribution < 1.29 is 9.84 Å². The lowest BCUT2D eigenvalue weighted by molar-refractivity contribution is 0.0134. The van der Waals surface area contributed by atoms with Crippen molar-refractivity contribution in [2.75, 3.05) is 5.75 Å². The van der Waals surface area contributed by atoms with Crippen LogP contribution in [-0.4, -0.2) is 27.3 Å². The maximum Gasteiger partial charge on any atom is 0.206 e. The van der Waals surface area contributed by atoms with Gasteiger partial charge in [-0.05, 0) is 25.5 Å². The first-order valence-electron chi connectivity index (χ1n) is 9.69. The van der Waals surface area contributed by atoms with E-state index in [2.05, 4.69) is 37.9 Å². The van der Waals surface area contributed by atoms with E-state index in [1.807, 2.05) is 30.3 Å². The molecule has 0 bridgehead atoms. The van der Waals surface area contributed by atoms with E-state index in [-0.39, 0.29) is 17.2 Å². The number of phenolic OH excluding ortho intramolecular Hbond substituents is 1. The monoisotopic (exact) mass is 428 g/mol. The highest BCUT2D eigenvalue weighted by Crippen LogP contribution is 2.50. The Bertz CT molecular complexity index is 961. The fourth-order valence-corrected chi connectivity index (χ4v) is 5.26. The molecule has 4 nitrogen and oxygen atoms in total. The number of phenols is 1. The van der Waals surface area contributed by atoms with Gasteiger partial charge in [0.15, 0.2) is 5.17 Å². The normalized spacial score (nSPS) is 24.8. The summed E-state index contributed by atoms with van der Waals surface area (Å²) in [4.78, 5) is 5.02. The standard InChI is InChI=1S/C23H25ClN2O2S/c1-4-10-29-21-25-22(2,3)14-23(26-21)13-17(15-8-6-5-7-9-15)16-11-18(24)19(27)12-20(16)28-23/h4-9,11-12,17,27H,1,10,13-14H2,2-3H3,(H,25,26)/t17-,23-/m0/s1. The topological polar surface area (TPSA) is 53.9 Å². The molecule has 0 fully saturated rings. The third-order valence-electron chi connectivity index (χ3n) is 5.29. The minimum absolute atomic E-state index is 0.0210.